The number of nitrogens with zero attached hydrogens (tertiary/aromatic N) is 3. The SMILES string of the molecule is C#CCC(C#N)(Cn1ccnc1)c1ccc(Cl)cc1Cl. The summed E-state index contributed by atoms with van der Waals surface area (Å²) in [5, 5.41) is 10.6. The van der Waals surface area contributed by atoms with Crippen molar-refractivity contribution >= 4 is 23.2 Å². The van der Waals surface area contributed by atoms with Gasteiger partial charge in [0.25, 0.3) is 0 Å². The van der Waals surface area contributed by atoms with E-state index in [0.717, 1.165) is 0 Å². The maximum Gasteiger partial charge on any atom is 0.112 e. The highest BCUT2D eigenvalue weighted by atomic mass is 35.5. The molecule has 0 radical (unpaired) electrons. The highest BCUT2D eigenvalue weighted by Gasteiger charge is 2.34. The summed E-state index contributed by atoms with van der Waals surface area (Å²) >= 11 is 12.1. The van der Waals surface area contributed by atoms with E-state index in [1.165, 1.54) is 0 Å². The van der Waals surface area contributed by atoms with E-state index >= 15 is 0 Å². The van der Waals surface area contributed by atoms with Gasteiger partial charge < -0.3 is 4.57 Å². The minimum atomic E-state index is -0.906. The quantitative estimate of drug-likeness (QED) is 0.809. The van der Waals surface area contributed by atoms with Gasteiger partial charge in [0, 0.05) is 35.4 Å². The van der Waals surface area contributed by atoms with Crippen molar-refractivity contribution in [3.63, 3.8) is 0 Å². The van der Waals surface area contributed by atoms with Gasteiger partial charge in [-0.25, -0.2) is 4.98 Å². The number of hydrogen-bond acceptors (Lipinski definition) is 2. The predicted octanol–water partition coefficient (Wildman–Crippen LogP) is 3.67. The Balaban J connectivity index is 2.51. The van der Waals surface area contributed by atoms with E-state index < -0.39 is 5.41 Å². The number of halogens is 2. The van der Waals surface area contributed by atoms with Crippen LogP contribution in [0.1, 0.15) is 12.0 Å². The molecule has 0 saturated carbocycles. The zero-order valence-electron chi connectivity index (χ0n) is 10.6. The molecule has 0 aliphatic rings. The molecule has 100 valence electrons. The lowest BCUT2D eigenvalue weighted by molar-refractivity contribution is 0.466. The first-order valence-electron chi connectivity index (χ1n) is 5.87. The maximum absolute atomic E-state index is 9.68. The van der Waals surface area contributed by atoms with Crippen LogP contribution in [0.15, 0.2) is 36.9 Å². The number of rotatable bonds is 4. The fourth-order valence-corrected chi connectivity index (χ4v) is 2.70. The third-order valence-corrected chi connectivity index (χ3v) is 3.62. The van der Waals surface area contributed by atoms with Gasteiger partial charge in [0.15, 0.2) is 0 Å². The molecule has 0 saturated heterocycles. The summed E-state index contributed by atoms with van der Waals surface area (Å²) in [7, 11) is 0. The molecule has 1 aromatic heterocycles. The minimum Gasteiger partial charge on any atom is -0.336 e. The summed E-state index contributed by atoms with van der Waals surface area (Å²) in [5.41, 5.74) is -0.227. The number of hydrogen-bond donors (Lipinski definition) is 0. The molecule has 0 bridgehead atoms. The monoisotopic (exact) mass is 303 g/mol. The lowest BCUT2D eigenvalue weighted by Crippen LogP contribution is -2.29. The van der Waals surface area contributed by atoms with Gasteiger partial charge in [-0.05, 0) is 17.7 Å². The largest absolute Gasteiger partial charge is 0.336 e. The van der Waals surface area contributed by atoms with Crippen molar-refractivity contribution in [2.24, 2.45) is 0 Å². The lowest BCUT2D eigenvalue weighted by Gasteiger charge is -2.26. The second kappa shape index (κ2) is 6.01. The molecule has 0 amide bonds. The number of nitriles is 1. The summed E-state index contributed by atoms with van der Waals surface area (Å²) in [6, 6.07) is 7.39. The maximum atomic E-state index is 9.68. The van der Waals surface area contributed by atoms with E-state index in [4.69, 9.17) is 29.6 Å². The van der Waals surface area contributed by atoms with E-state index in [2.05, 4.69) is 17.0 Å². The van der Waals surface area contributed by atoms with Crippen molar-refractivity contribution in [3.05, 3.63) is 52.5 Å². The van der Waals surface area contributed by atoms with Crippen LogP contribution >= 0.6 is 23.2 Å². The molecule has 1 atom stereocenters. The van der Waals surface area contributed by atoms with Crippen LogP contribution in [0.3, 0.4) is 0 Å². The van der Waals surface area contributed by atoms with E-state index in [1.807, 2.05) is 4.57 Å². The van der Waals surface area contributed by atoms with Gasteiger partial charge in [0.05, 0.1) is 12.4 Å². The molecule has 1 heterocycles. The first-order chi connectivity index (χ1) is 9.61. The summed E-state index contributed by atoms with van der Waals surface area (Å²) < 4.78 is 1.81. The first kappa shape index (κ1) is 14.5. The Labute approximate surface area is 127 Å². The van der Waals surface area contributed by atoms with Crippen LogP contribution in [0.5, 0.6) is 0 Å². The van der Waals surface area contributed by atoms with Crippen molar-refractivity contribution < 1.29 is 0 Å². The number of imidazole rings is 1. The second-order valence-corrected chi connectivity index (χ2v) is 5.28. The van der Waals surface area contributed by atoms with Crippen LogP contribution in [0.4, 0.5) is 0 Å². The molecule has 3 nitrogen and oxygen atoms in total. The minimum absolute atomic E-state index is 0.253. The second-order valence-electron chi connectivity index (χ2n) is 4.43. The van der Waals surface area contributed by atoms with Crippen LogP contribution in [0.2, 0.25) is 10.0 Å². The van der Waals surface area contributed by atoms with Crippen LogP contribution in [0.25, 0.3) is 0 Å². The third-order valence-electron chi connectivity index (χ3n) is 3.08. The first-order valence-corrected chi connectivity index (χ1v) is 6.63. The van der Waals surface area contributed by atoms with E-state index in [9.17, 15) is 5.26 Å². The van der Waals surface area contributed by atoms with Crippen LogP contribution < -0.4 is 0 Å². The third kappa shape index (κ3) is 2.80. The van der Waals surface area contributed by atoms with Crippen molar-refractivity contribution in [1.82, 2.24) is 9.55 Å². The molecular weight excluding hydrogens is 293 g/mol. The van der Waals surface area contributed by atoms with Gasteiger partial charge in [-0.1, -0.05) is 29.3 Å². The summed E-state index contributed by atoms with van der Waals surface area (Å²) in [4.78, 5) is 3.98. The average Bonchev–Trinajstić information content (AvgIpc) is 2.91. The fourth-order valence-electron chi connectivity index (χ4n) is 2.12. The number of terminal acetylenes is 1. The van der Waals surface area contributed by atoms with Gasteiger partial charge in [-0.3, -0.25) is 0 Å². The zero-order chi connectivity index (χ0) is 14.6. The molecule has 0 aliphatic carbocycles. The van der Waals surface area contributed by atoms with Crippen molar-refractivity contribution in [2.45, 2.75) is 18.4 Å². The van der Waals surface area contributed by atoms with Gasteiger partial charge in [0.2, 0.25) is 0 Å². The molecular formula is C15H11Cl2N3. The Morgan fingerprint density at radius 2 is 2.20 bits per heavy atom. The molecule has 5 heteroatoms. The molecule has 0 N–H and O–H groups in total. The molecule has 0 aliphatic heterocycles. The summed E-state index contributed by atoms with van der Waals surface area (Å²) in [5.74, 6) is 2.56. The molecule has 0 fully saturated rings. The Morgan fingerprint density at radius 1 is 1.40 bits per heavy atom. The fraction of sp³-hybridized carbons (Fsp3) is 0.200. The molecule has 1 unspecified atom stereocenters. The van der Waals surface area contributed by atoms with Gasteiger partial charge in [-0.2, -0.15) is 5.26 Å². The Morgan fingerprint density at radius 3 is 2.75 bits per heavy atom. The standard InChI is InChI=1S/C15H11Cl2N3/c1-2-5-15(9-18,10-20-7-6-19-11-20)13-4-3-12(16)8-14(13)17/h1,3-4,6-8,11H,5,10H2. The zero-order valence-corrected chi connectivity index (χ0v) is 12.1. The highest BCUT2D eigenvalue weighted by molar-refractivity contribution is 6.35. The number of benzene rings is 1. The Hall–Kier alpha value is -1.94. The van der Waals surface area contributed by atoms with Gasteiger partial charge in [-0.15, -0.1) is 12.3 Å². The molecule has 0 spiro atoms. The Kier molecular flexibility index (Phi) is 4.35. The molecule has 1 aromatic carbocycles. The smallest absolute Gasteiger partial charge is 0.112 e. The predicted molar refractivity (Wildman–Crippen MR) is 79.4 cm³/mol. The van der Waals surface area contributed by atoms with Crippen molar-refractivity contribution in [2.75, 3.05) is 0 Å². The summed E-state index contributed by atoms with van der Waals surface area (Å²) in [6.07, 6.45) is 10.8. The van der Waals surface area contributed by atoms with Crippen LogP contribution in [-0.4, -0.2) is 9.55 Å². The lowest BCUT2D eigenvalue weighted by atomic mass is 9.79. The summed E-state index contributed by atoms with van der Waals surface area (Å²) in [6.45, 7) is 0.384. The van der Waals surface area contributed by atoms with Gasteiger partial charge in [0.1, 0.15) is 5.41 Å². The topological polar surface area (TPSA) is 41.6 Å². The van der Waals surface area contributed by atoms with Crippen LogP contribution in [-0.2, 0) is 12.0 Å². The van der Waals surface area contributed by atoms with E-state index in [-0.39, 0.29) is 6.42 Å². The van der Waals surface area contributed by atoms with Crippen LogP contribution in [0, 0.1) is 23.7 Å². The molecule has 2 rings (SSSR count). The average molecular weight is 304 g/mol. The molecule has 20 heavy (non-hydrogen) atoms. The van der Waals surface area contributed by atoms with E-state index in [1.54, 1.807) is 36.9 Å². The highest BCUT2D eigenvalue weighted by Crippen LogP contribution is 2.35. The molecule has 2 aromatic rings. The Bertz CT molecular complexity index is 680. The normalized spacial score (nSPS) is 13.2. The van der Waals surface area contributed by atoms with Gasteiger partial charge >= 0.3 is 0 Å². The number of aromatic nitrogens is 2. The van der Waals surface area contributed by atoms with Crippen molar-refractivity contribution in [3.8, 4) is 18.4 Å². The van der Waals surface area contributed by atoms with E-state index in [0.29, 0.717) is 22.2 Å². The van der Waals surface area contributed by atoms with Crippen molar-refractivity contribution in [1.29, 1.82) is 5.26 Å².